The molecule has 19 heavy (non-hydrogen) atoms. The molecule has 104 valence electrons. The van der Waals surface area contributed by atoms with Crippen LogP contribution in [0, 0.1) is 0 Å². The summed E-state index contributed by atoms with van der Waals surface area (Å²) in [6.45, 7) is 3.75. The number of nitrogens with one attached hydrogen (secondary N) is 2. The van der Waals surface area contributed by atoms with Crippen molar-refractivity contribution in [2.75, 3.05) is 19.0 Å². The number of amides is 2. The standard InChI is InChI=1S/C14H20N2O3/c1-4-13(17)16-12-7-5-11(6-8-12)10(2)15-14(18)9-19-3/h5-8,10H,4,9H2,1-3H3,(H,15,18)(H,16,17). The van der Waals surface area contributed by atoms with Gasteiger partial charge >= 0.3 is 0 Å². The summed E-state index contributed by atoms with van der Waals surface area (Å²) < 4.78 is 4.76. The van der Waals surface area contributed by atoms with Crippen molar-refractivity contribution in [3.63, 3.8) is 0 Å². The van der Waals surface area contributed by atoms with E-state index in [2.05, 4.69) is 10.6 Å². The van der Waals surface area contributed by atoms with Gasteiger partial charge in [-0.3, -0.25) is 9.59 Å². The maximum atomic E-state index is 11.4. The van der Waals surface area contributed by atoms with Crippen molar-refractivity contribution in [1.82, 2.24) is 5.32 Å². The highest BCUT2D eigenvalue weighted by Crippen LogP contribution is 2.16. The van der Waals surface area contributed by atoms with E-state index in [0.29, 0.717) is 6.42 Å². The van der Waals surface area contributed by atoms with Crippen molar-refractivity contribution in [3.8, 4) is 0 Å². The first kappa shape index (κ1) is 15.2. The molecule has 2 N–H and O–H groups in total. The number of hydrogen-bond donors (Lipinski definition) is 2. The van der Waals surface area contributed by atoms with E-state index in [9.17, 15) is 9.59 Å². The molecule has 0 aliphatic rings. The first-order valence-electron chi connectivity index (χ1n) is 6.25. The summed E-state index contributed by atoms with van der Waals surface area (Å²) in [4.78, 5) is 22.6. The maximum absolute atomic E-state index is 11.4. The van der Waals surface area contributed by atoms with Crippen LogP contribution >= 0.6 is 0 Å². The molecule has 1 aromatic carbocycles. The summed E-state index contributed by atoms with van der Waals surface area (Å²) in [5.74, 6) is -0.174. The lowest BCUT2D eigenvalue weighted by molar-refractivity contribution is -0.125. The largest absolute Gasteiger partial charge is 0.375 e. The molecule has 1 unspecified atom stereocenters. The minimum absolute atomic E-state index is 0.0193. The predicted octanol–water partition coefficient (Wildman–Crippen LogP) is 1.86. The molecule has 1 rings (SSSR count). The van der Waals surface area contributed by atoms with Crippen molar-refractivity contribution in [2.24, 2.45) is 0 Å². The Morgan fingerprint density at radius 1 is 1.21 bits per heavy atom. The fourth-order valence-electron chi connectivity index (χ4n) is 1.60. The van der Waals surface area contributed by atoms with Gasteiger partial charge in [0.25, 0.3) is 0 Å². The molecule has 0 fully saturated rings. The summed E-state index contributed by atoms with van der Waals surface area (Å²) in [5.41, 5.74) is 1.73. The van der Waals surface area contributed by atoms with Gasteiger partial charge in [-0.2, -0.15) is 0 Å². The number of hydrogen-bond acceptors (Lipinski definition) is 3. The molecule has 2 amide bonds. The van der Waals surface area contributed by atoms with Gasteiger partial charge in [-0.05, 0) is 24.6 Å². The summed E-state index contributed by atoms with van der Waals surface area (Å²) >= 11 is 0. The van der Waals surface area contributed by atoms with Crippen LogP contribution in [0.4, 0.5) is 5.69 Å². The molecule has 0 aliphatic heterocycles. The van der Waals surface area contributed by atoms with Crippen LogP contribution in [0.3, 0.4) is 0 Å². The summed E-state index contributed by atoms with van der Waals surface area (Å²) in [6.07, 6.45) is 0.450. The first-order valence-corrected chi connectivity index (χ1v) is 6.25. The molecule has 5 nitrogen and oxygen atoms in total. The quantitative estimate of drug-likeness (QED) is 0.824. The van der Waals surface area contributed by atoms with E-state index in [4.69, 9.17) is 4.74 Å². The Bertz CT molecular complexity index is 429. The van der Waals surface area contributed by atoms with E-state index in [1.807, 2.05) is 31.2 Å². The summed E-state index contributed by atoms with van der Waals surface area (Å²) in [6, 6.07) is 7.30. The number of carbonyl (C=O) groups is 2. The molecule has 1 atom stereocenters. The summed E-state index contributed by atoms with van der Waals surface area (Å²) in [7, 11) is 1.48. The molecule has 0 spiro atoms. The Labute approximate surface area is 113 Å². The van der Waals surface area contributed by atoms with Crippen molar-refractivity contribution in [3.05, 3.63) is 29.8 Å². The normalized spacial score (nSPS) is 11.7. The molecule has 0 aromatic heterocycles. The molecular weight excluding hydrogens is 244 g/mol. The minimum Gasteiger partial charge on any atom is -0.375 e. The number of carbonyl (C=O) groups excluding carboxylic acids is 2. The highest BCUT2D eigenvalue weighted by molar-refractivity contribution is 5.90. The van der Waals surface area contributed by atoms with E-state index in [-0.39, 0.29) is 24.5 Å². The van der Waals surface area contributed by atoms with E-state index in [1.165, 1.54) is 7.11 Å². The second-order valence-electron chi connectivity index (χ2n) is 4.25. The Balaban J connectivity index is 2.60. The van der Waals surface area contributed by atoms with Gasteiger partial charge in [-0.1, -0.05) is 19.1 Å². The molecule has 0 radical (unpaired) electrons. The van der Waals surface area contributed by atoms with Gasteiger partial charge in [0.15, 0.2) is 0 Å². The number of anilines is 1. The zero-order chi connectivity index (χ0) is 14.3. The van der Waals surface area contributed by atoms with Gasteiger partial charge in [0.05, 0.1) is 6.04 Å². The monoisotopic (exact) mass is 264 g/mol. The third-order valence-corrected chi connectivity index (χ3v) is 2.67. The van der Waals surface area contributed by atoms with Gasteiger partial charge < -0.3 is 15.4 Å². The average molecular weight is 264 g/mol. The number of methoxy groups -OCH3 is 1. The van der Waals surface area contributed by atoms with E-state index >= 15 is 0 Å². The molecule has 1 aromatic rings. The Morgan fingerprint density at radius 3 is 2.37 bits per heavy atom. The lowest BCUT2D eigenvalue weighted by Crippen LogP contribution is -2.29. The second-order valence-corrected chi connectivity index (χ2v) is 4.25. The topological polar surface area (TPSA) is 67.4 Å². The summed E-state index contributed by atoms with van der Waals surface area (Å²) in [5, 5.41) is 5.59. The highest BCUT2D eigenvalue weighted by Gasteiger charge is 2.09. The van der Waals surface area contributed by atoms with Crippen LogP contribution in [0.5, 0.6) is 0 Å². The van der Waals surface area contributed by atoms with Crippen LogP contribution in [0.1, 0.15) is 31.9 Å². The van der Waals surface area contributed by atoms with Gasteiger partial charge in [0.1, 0.15) is 6.61 Å². The number of ether oxygens (including phenoxy) is 1. The molecule has 0 saturated heterocycles. The van der Waals surface area contributed by atoms with Crippen LogP contribution in [0.15, 0.2) is 24.3 Å². The zero-order valence-electron chi connectivity index (χ0n) is 11.5. The van der Waals surface area contributed by atoms with Crippen molar-refractivity contribution >= 4 is 17.5 Å². The van der Waals surface area contributed by atoms with Crippen molar-refractivity contribution in [2.45, 2.75) is 26.3 Å². The Morgan fingerprint density at radius 2 is 1.84 bits per heavy atom. The predicted molar refractivity (Wildman–Crippen MR) is 73.8 cm³/mol. The Kier molecular flexibility index (Phi) is 6.02. The van der Waals surface area contributed by atoms with Crippen LogP contribution in [0.25, 0.3) is 0 Å². The third kappa shape index (κ3) is 5.09. The van der Waals surface area contributed by atoms with Gasteiger partial charge in [0.2, 0.25) is 11.8 Å². The molecule has 0 saturated carbocycles. The smallest absolute Gasteiger partial charge is 0.246 e. The molecule has 5 heteroatoms. The average Bonchev–Trinajstić information content (AvgIpc) is 2.39. The van der Waals surface area contributed by atoms with Gasteiger partial charge in [-0.25, -0.2) is 0 Å². The second kappa shape index (κ2) is 7.53. The molecule has 0 aliphatic carbocycles. The minimum atomic E-state index is -0.154. The third-order valence-electron chi connectivity index (χ3n) is 2.67. The van der Waals surface area contributed by atoms with Crippen LogP contribution in [-0.4, -0.2) is 25.5 Å². The fraction of sp³-hybridized carbons (Fsp3) is 0.429. The first-order chi connectivity index (χ1) is 9.06. The maximum Gasteiger partial charge on any atom is 0.246 e. The molecule has 0 heterocycles. The van der Waals surface area contributed by atoms with E-state index in [0.717, 1.165) is 11.3 Å². The fourth-order valence-corrected chi connectivity index (χ4v) is 1.60. The van der Waals surface area contributed by atoms with Gasteiger partial charge in [0, 0.05) is 19.2 Å². The molecule has 0 bridgehead atoms. The number of rotatable bonds is 6. The van der Waals surface area contributed by atoms with Crippen LogP contribution in [-0.2, 0) is 14.3 Å². The number of benzene rings is 1. The molecular formula is C14H20N2O3. The Hall–Kier alpha value is -1.88. The van der Waals surface area contributed by atoms with Crippen LogP contribution < -0.4 is 10.6 Å². The SMILES string of the molecule is CCC(=O)Nc1ccc(C(C)NC(=O)COC)cc1. The van der Waals surface area contributed by atoms with Gasteiger partial charge in [-0.15, -0.1) is 0 Å². The van der Waals surface area contributed by atoms with E-state index in [1.54, 1.807) is 6.92 Å². The van der Waals surface area contributed by atoms with Crippen molar-refractivity contribution in [1.29, 1.82) is 0 Å². The zero-order valence-corrected chi connectivity index (χ0v) is 11.5. The lowest BCUT2D eigenvalue weighted by atomic mass is 10.1. The van der Waals surface area contributed by atoms with Crippen LogP contribution in [0.2, 0.25) is 0 Å². The highest BCUT2D eigenvalue weighted by atomic mass is 16.5. The lowest BCUT2D eigenvalue weighted by Gasteiger charge is -2.14. The van der Waals surface area contributed by atoms with Crippen molar-refractivity contribution < 1.29 is 14.3 Å². The van der Waals surface area contributed by atoms with E-state index < -0.39 is 0 Å².